The first-order valence-corrected chi connectivity index (χ1v) is 8.79. The molecule has 1 aromatic rings. The zero-order valence-electron chi connectivity index (χ0n) is 14.4. The summed E-state index contributed by atoms with van der Waals surface area (Å²) in [5, 5.41) is 5.73. The van der Waals surface area contributed by atoms with Crippen molar-refractivity contribution >= 4 is 21.6 Å². The molecule has 0 aromatic heterocycles. The Balaban J connectivity index is 2.43. The highest BCUT2D eigenvalue weighted by Gasteiger charge is 2.40. The van der Waals surface area contributed by atoms with Gasteiger partial charge in [0, 0.05) is 26.6 Å². The number of amides is 1. The van der Waals surface area contributed by atoms with Gasteiger partial charge in [-0.25, -0.2) is 17.7 Å². The lowest BCUT2D eigenvalue weighted by atomic mass is 9.79. The molecule has 0 radical (unpaired) electrons. The van der Waals surface area contributed by atoms with E-state index in [1.54, 1.807) is 19.2 Å². The van der Waals surface area contributed by atoms with E-state index in [1.165, 1.54) is 35.5 Å². The van der Waals surface area contributed by atoms with Crippen LogP contribution in [-0.4, -0.2) is 50.5 Å². The molecule has 0 spiro atoms. The largest absolute Gasteiger partial charge is 0.272 e. The van der Waals surface area contributed by atoms with Crippen LogP contribution in [0.25, 0.3) is 0 Å². The molecule has 1 aliphatic rings. The summed E-state index contributed by atoms with van der Waals surface area (Å²) in [6, 6.07) is 6.46. The minimum atomic E-state index is -3.48. The number of rotatable bonds is 3. The molecule has 1 amide bonds. The van der Waals surface area contributed by atoms with E-state index >= 15 is 0 Å². The first-order valence-electron chi connectivity index (χ1n) is 7.35. The number of carbonyl (C=O) groups is 1. The zero-order valence-corrected chi connectivity index (χ0v) is 15.2. The number of hydrazone groups is 1. The molecule has 2 rings (SSSR count). The molecule has 1 aliphatic heterocycles. The summed E-state index contributed by atoms with van der Waals surface area (Å²) >= 11 is 0. The monoisotopic (exact) mass is 337 g/mol. The third-order valence-corrected chi connectivity index (χ3v) is 5.69. The van der Waals surface area contributed by atoms with E-state index in [1.807, 2.05) is 20.8 Å². The predicted octanol–water partition coefficient (Wildman–Crippen LogP) is 1.89. The van der Waals surface area contributed by atoms with Crippen LogP contribution in [0.5, 0.6) is 0 Å². The fourth-order valence-electron chi connectivity index (χ4n) is 2.50. The Hall–Kier alpha value is -1.73. The van der Waals surface area contributed by atoms with E-state index in [0.29, 0.717) is 0 Å². The third kappa shape index (κ3) is 3.16. The Labute approximate surface area is 137 Å². The van der Waals surface area contributed by atoms with Gasteiger partial charge in [0.1, 0.15) is 5.92 Å². The number of hydrogen-bond donors (Lipinski definition) is 0. The van der Waals surface area contributed by atoms with E-state index in [0.717, 1.165) is 11.3 Å². The summed E-state index contributed by atoms with van der Waals surface area (Å²) in [7, 11) is 1.14. The summed E-state index contributed by atoms with van der Waals surface area (Å²) in [4.78, 5) is 12.6. The van der Waals surface area contributed by atoms with Crippen molar-refractivity contribution in [1.29, 1.82) is 0 Å². The quantitative estimate of drug-likeness (QED) is 0.846. The van der Waals surface area contributed by atoms with Crippen LogP contribution in [0.2, 0.25) is 0 Å². The van der Waals surface area contributed by atoms with Gasteiger partial charge in [0.05, 0.1) is 10.6 Å². The Morgan fingerprint density at radius 1 is 1.13 bits per heavy atom. The highest BCUT2D eigenvalue weighted by atomic mass is 32.2. The smallest absolute Gasteiger partial charge is 0.255 e. The van der Waals surface area contributed by atoms with Crippen LogP contribution in [0.1, 0.15) is 32.3 Å². The predicted molar refractivity (Wildman–Crippen MR) is 89.7 cm³/mol. The first-order chi connectivity index (χ1) is 10.5. The third-order valence-electron chi connectivity index (χ3n) is 3.86. The molecule has 6 nitrogen and oxygen atoms in total. The van der Waals surface area contributed by atoms with E-state index in [9.17, 15) is 13.2 Å². The number of hydrogen-bond acceptors (Lipinski definition) is 4. The second-order valence-electron chi connectivity index (χ2n) is 6.89. The van der Waals surface area contributed by atoms with E-state index in [2.05, 4.69) is 5.10 Å². The molecule has 7 heteroatoms. The maximum Gasteiger partial charge on any atom is 0.255 e. The summed E-state index contributed by atoms with van der Waals surface area (Å²) in [6.45, 7) is 6.03. The number of nitrogens with zero attached hydrogens (tertiary/aromatic N) is 3. The summed E-state index contributed by atoms with van der Waals surface area (Å²) in [5.74, 6) is -0.561. The lowest BCUT2D eigenvalue weighted by Gasteiger charge is -2.23. The van der Waals surface area contributed by atoms with E-state index < -0.39 is 15.9 Å². The summed E-state index contributed by atoms with van der Waals surface area (Å²) in [5.41, 5.74) is 1.29. The summed E-state index contributed by atoms with van der Waals surface area (Å²) in [6.07, 6.45) is 0. The molecule has 0 bridgehead atoms. The molecule has 23 heavy (non-hydrogen) atoms. The van der Waals surface area contributed by atoms with Gasteiger partial charge in [-0.15, -0.1) is 0 Å². The highest BCUT2D eigenvalue weighted by Crippen LogP contribution is 2.35. The normalized spacial score (nSPS) is 19.4. The fourth-order valence-corrected chi connectivity index (χ4v) is 3.40. The van der Waals surface area contributed by atoms with Crippen LogP contribution in [0.3, 0.4) is 0 Å². The van der Waals surface area contributed by atoms with Crippen molar-refractivity contribution in [3.8, 4) is 0 Å². The number of benzene rings is 1. The topological polar surface area (TPSA) is 70.1 Å². The maximum atomic E-state index is 12.4. The van der Waals surface area contributed by atoms with Crippen molar-refractivity contribution in [3.05, 3.63) is 29.8 Å². The van der Waals surface area contributed by atoms with Crippen LogP contribution >= 0.6 is 0 Å². The minimum Gasteiger partial charge on any atom is -0.272 e. The Morgan fingerprint density at radius 3 is 2.09 bits per heavy atom. The fraction of sp³-hybridized carbons (Fsp3) is 0.500. The van der Waals surface area contributed by atoms with Gasteiger partial charge in [-0.1, -0.05) is 32.9 Å². The zero-order chi connectivity index (χ0) is 17.6. The lowest BCUT2D eigenvalue weighted by Crippen LogP contribution is -2.29. The van der Waals surface area contributed by atoms with E-state index in [-0.39, 0.29) is 16.2 Å². The second-order valence-corrected chi connectivity index (χ2v) is 9.04. The number of sulfonamides is 1. The Morgan fingerprint density at radius 2 is 1.65 bits per heavy atom. The molecular formula is C16H23N3O3S. The first kappa shape index (κ1) is 17.6. The van der Waals surface area contributed by atoms with Gasteiger partial charge in [-0.3, -0.25) is 4.79 Å². The average molecular weight is 337 g/mol. The summed E-state index contributed by atoms with van der Waals surface area (Å²) < 4.78 is 25.4. The Kier molecular flexibility index (Phi) is 4.38. The van der Waals surface area contributed by atoms with Gasteiger partial charge in [0.25, 0.3) is 5.91 Å². The maximum absolute atomic E-state index is 12.4. The highest BCUT2D eigenvalue weighted by molar-refractivity contribution is 7.89. The standard InChI is InChI=1S/C16H23N3O3S/c1-16(2,3)14-13(15(20)19(6)17-14)11-7-9-12(10-8-11)23(21,22)18(4)5/h7-10,13H,1-6H3. The molecule has 0 saturated carbocycles. The lowest BCUT2D eigenvalue weighted by molar-refractivity contribution is -0.128. The molecule has 1 atom stereocenters. The Bertz CT molecular complexity index is 744. The van der Waals surface area contributed by atoms with Gasteiger partial charge in [0.2, 0.25) is 10.0 Å². The van der Waals surface area contributed by atoms with Gasteiger partial charge in [-0.2, -0.15) is 5.10 Å². The van der Waals surface area contributed by atoms with Gasteiger partial charge in [0.15, 0.2) is 0 Å². The number of likely N-dealkylation sites (N-methyl/N-ethyl adjacent to an activating group) is 1. The van der Waals surface area contributed by atoms with Crippen molar-refractivity contribution in [2.45, 2.75) is 31.6 Å². The second kappa shape index (κ2) is 5.72. The van der Waals surface area contributed by atoms with Gasteiger partial charge >= 0.3 is 0 Å². The molecule has 0 N–H and O–H groups in total. The van der Waals surface area contributed by atoms with Crippen molar-refractivity contribution < 1.29 is 13.2 Å². The van der Waals surface area contributed by atoms with E-state index in [4.69, 9.17) is 0 Å². The molecule has 0 fully saturated rings. The van der Waals surface area contributed by atoms with Crippen molar-refractivity contribution in [2.75, 3.05) is 21.1 Å². The average Bonchev–Trinajstić information content (AvgIpc) is 2.75. The van der Waals surface area contributed by atoms with Gasteiger partial charge < -0.3 is 0 Å². The SMILES string of the molecule is CN1N=C(C(C)(C)C)C(c2ccc(S(=O)(=O)N(C)C)cc2)C1=O. The molecule has 126 valence electrons. The van der Waals surface area contributed by atoms with Crippen LogP contribution in [0, 0.1) is 5.41 Å². The molecule has 0 saturated heterocycles. The molecule has 1 heterocycles. The van der Waals surface area contributed by atoms with Crippen LogP contribution in [0.4, 0.5) is 0 Å². The molecular weight excluding hydrogens is 314 g/mol. The van der Waals surface area contributed by atoms with Crippen LogP contribution in [-0.2, 0) is 14.8 Å². The van der Waals surface area contributed by atoms with Crippen molar-refractivity contribution in [1.82, 2.24) is 9.31 Å². The van der Waals surface area contributed by atoms with Crippen LogP contribution < -0.4 is 0 Å². The molecule has 0 aliphatic carbocycles. The number of carbonyl (C=O) groups excluding carboxylic acids is 1. The van der Waals surface area contributed by atoms with Crippen molar-refractivity contribution in [2.24, 2.45) is 10.5 Å². The van der Waals surface area contributed by atoms with Gasteiger partial charge in [-0.05, 0) is 17.7 Å². The molecule has 1 unspecified atom stereocenters. The molecule has 1 aromatic carbocycles. The minimum absolute atomic E-state index is 0.0989. The van der Waals surface area contributed by atoms with Crippen molar-refractivity contribution in [3.63, 3.8) is 0 Å². The van der Waals surface area contributed by atoms with Crippen LogP contribution in [0.15, 0.2) is 34.3 Å².